The lowest BCUT2D eigenvalue weighted by Gasteiger charge is -2.31. The van der Waals surface area contributed by atoms with E-state index in [4.69, 9.17) is 16.3 Å². The normalized spacial score (nSPS) is 15.4. The molecule has 0 saturated heterocycles. The molecule has 3 rings (SSSR count). The molecule has 0 spiro atoms. The van der Waals surface area contributed by atoms with Crippen LogP contribution in [0.25, 0.3) is 0 Å². The maximum atomic E-state index is 13.4. The van der Waals surface area contributed by atoms with Crippen molar-refractivity contribution in [2.75, 3.05) is 6.61 Å². The van der Waals surface area contributed by atoms with Gasteiger partial charge in [-0.25, -0.2) is 0 Å². The molecule has 6 heteroatoms. The van der Waals surface area contributed by atoms with E-state index < -0.39 is 6.04 Å². The van der Waals surface area contributed by atoms with E-state index in [1.807, 2.05) is 36.4 Å². The second-order valence-corrected chi connectivity index (χ2v) is 10.6. The zero-order chi connectivity index (χ0) is 24.7. The van der Waals surface area contributed by atoms with Crippen molar-refractivity contribution in [2.24, 2.45) is 0 Å². The van der Waals surface area contributed by atoms with Crippen LogP contribution in [-0.2, 0) is 21.5 Å². The quantitative estimate of drug-likeness (QED) is 0.508. The summed E-state index contributed by atoms with van der Waals surface area (Å²) in [7, 11) is 0. The number of nitrogens with zero attached hydrogens (tertiary/aromatic N) is 1. The van der Waals surface area contributed by atoms with Crippen LogP contribution in [0.4, 0.5) is 0 Å². The Bertz CT molecular complexity index is 962. The highest BCUT2D eigenvalue weighted by Crippen LogP contribution is 2.31. The molecule has 1 fully saturated rings. The van der Waals surface area contributed by atoms with Gasteiger partial charge in [0.2, 0.25) is 5.91 Å². The first-order valence-corrected chi connectivity index (χ1v) is 12.6. The number of halogens is 1. The zero-order valence-corrected chi connectivity index (χ0v) is 21.5. The minimum atomic E-state index is -0.619. The molecule has 0 heterocycles. The highest BCUT2D eigenvalue weighted by molar-refractivity contribution is 6.30. The second-order valence-electron chi connectivity index (χ2n) is 10.2. The number of benzene rings is 2. The number of hydrogen-bond donors (Lipinski definition) is 1. The Morgan fingerprint density at radius 3 is 2.35 bits per heavy atom. The second kappa shape index (κ2) is 11.7. The average molecular weight is 485 g/mol. The fourth-order valence-electron chi connectivity index (χ4n) is 4.37. The minimum absolute atomic E-state index is 0.115. The summed E-state index contributed by atoms with van der Waals surface area (Å²) in [6, 6.07) is 14.7. The molecule has 0 bridgehead atoms. The molecular weight excluding hydrogens is 448 g/mol. The van der Waals surface area contributed by atoms with Crippen LogP contribution in [0.1, 0.15) is 70.9 Å². The van der Waals surface area contributed by atoms with Crippen LogP contribution in [0.2, 0.25) is 5.02 Å². The largest absolute Gasteiger partial charge is 0.483 e. The van der Waals surface area contributed by atoms with Gasteiger partial charge in [0, 0.05) is 17.6 Å². The number of para-hydroxylation sites is 1. The molecule has 1 aliphatic rings. The molecule has 0 radical (unpaired) electrons. The van der Waals surface area contributed by atoms with E-state index >= 15 is 0 Å². The van der Waals surface area contributed by atoms with Gasteiger partial charge in [-0.2, -0.15) is 0 Å². The Kier molecular flexibility index (Phi) is 9.01. The van der Waals surface area contributed by atoms with Gasteiger partial charge in [0.25, 0.3) is 5.91 Å². The van der Waals surface area contributed by atoms with Crippen molar-refractivity contribution >= 4 is 23.4 Å². The molecule has 0 aliphatic heterocycles. The van der Waals surface area contributed by atoms with Gasteiger partial charge in [-0.15, -0.1) is 0 Å². The highest BCUT2D eigenvalue weighted by atomic mass is 35.5. The highest BCUT2D eigenvalue weighted by Gasteiger charge is 2.29. The molecular formula is C28H37ClN2O3. The summed E-state index contributed by atoms with van der Waals surface area (Å²) in [6.07, 6.45) is 5.48. The van der Waals surface area contributed by atoms with Gasteiger partial charge in [0.05, 0.1) is 0 Å². The Hall–Kier alpha value is -2.53. The fraction of sp³-hybridized carbons (Fsp3) is 0.500. The van der Waals surface area contributed by atoms with E-state index in [0.29, 0.717) is 17.3 Å². The SMILES string of the molecule is CC(C(=O)NC1CCCCC1)N(Cc1ccc(Cl)cc1)C(=O)COc1ccccc1C(C)(C)C. The maximum absolute atomic E-state index is 13.4. The topological polar surface area (TPSA) is 58.6 Å². The smallest absolute Gasteiger partial charge is 0.261 e. The molecule has 184 valence electrons. The van der Waals surface area contributed by atoms with E-state index in [2.05, 4.69) is 26.1 Å². The van der Waals surface area contributed by atoms with Crippen molar-refractivity contribution in [3.63, 3.8) is 0 Å². The van der Waals surface area contributed by atoms with E-state index in [9.17, 15) is 9.59 Å². The van der Waals surface area contributed by atoms with Crippen LogP contribution >= 0.6 is 11.6 Å². The first-order chi connectivity index (χ1) is 16.1. The van der Waals surface area contributed by atoms with Crippen LogP contribution in [-0.4, -0.2) is 35.4 Å². The number of amides is 2. The summed E-state index contributed by atoms with van der Waals surface area (Å²) in [4.78, 5) is 28.1. The molecule has 2 aromatic carbocycles. The Labute approximate surface area is 208 Å². The van der Waals surface area contributed by atoms with Gasteiger partial charge in [-0.05, 0) is 54.5 Å². The van der Waals surface area contributed by atoms with E-state index in [0.717, 1.165) is 36.8 Å². The molecule has 2 amide bonds. The monoisotopic (exact) mass is 484 g/mol. The number of rotatable bonds is 8. The minimum Gasteiger partial charge on any atom is -0.483 e. The van der Waals surface area contributed by atoms with Gasteiger partial charge in [0.1, 0.15) is 11.8 Å². The van der Waals surface area contributed by atoms with Gasteiger partial charge >= 0.3 is 0 Å². The molecule has 34 heavy (non-hydrogen) atoms. The molecule has 1 aliphatic carbocycles. The molecule has 0 aromatic heterocycles. The van der Waals surface area contributed by atoms with Crippen LogP contribution in [0.15, 0.2) is 48.5 Å². The number of carbonyl (C=O) groups is 2. The summed E-state index contributed by atoms with van der Waals surface area (Å²) in [5.41, 5.74) is 1.83. The number of hydrogen-bond acceptors (Lipinski definition) is 3. The first-order valence-electron chi connectivity index (χ1n) is 12.2. The van der Waals surface area contributed by atoms with E-state index in [1.54, 1.807) is 24.0 Å². The molecule has 1 saturated carbocycles. The number of nitrogens with one attached hydrogen (secondary N) is 1. The van der Waals surface area contributed by atoms with Gasteiger partial charge < -0.3 is 15.0 Å². The molecule has 5 nitrogen and oxygen atoms in total. The van der Waals surface area contributed by atoms with Gasteiger partial charge in [-0.1, -0.05) is 82.0 Å². The number of carbonyl (C=O) groups excluding carboxylic acids is 2. The molecule has 1 atom stereocenters. The summed E-state index contributed by atoms with van der Waals surface area (Å²) < 4.78 is 6.00. The van der Waals surface area contributed by atoms with Crippen LogP contribution in [0.5, 0.6) is 5.75 Å². The zero-order valence-electron chi connectivity index (χ0n) is 20.8. The van der Waals surface area contributed by atoms with E-state index in [-0.39, 0.29) is 29.9 Å². The van der Waals surface area contributed by atoms with Gasteiger partial charge in [0.15, 0.2) is 6.61 Å². The van der Waals surface area contributed by atoms with Gasteiger partial charge in [-0.3, -0.25) is 9.59 Å². The Balaban J connectivity index is 1.75. The lowest BCUT2D eigenvalue weighted by molar-refractivity contribution is -0.142. The van der Waals surface area contributed by atoms with Crippen molar-refractivity contribution in [1.82, 2.24) is 10.2 Å². The molecule has 1 unspecified atom stereocenters. The summed E-state index contributed by atoms with van der Waals surface area (Å²) >= 11 is 6.04. The third-order valence-electron chi connectivity index (χ3n) is 6.43. The number of ether oxygens (including phenoxy) is 1. The van der Waals surface area contributed by atoms with Crippen molar-refractivity contribution in [1.29, 1.82) is 0 Å². The standard InChI is InChI=1S/C28H37ClN2O3/c1-20(27(33)30-23-10-6-5-7-11-23)31(18-21-14-16-22(29)17-15-21)26(32)19-34-25-13-9-8-12-24(25)28(2,3)4/h8-9,12-17,20,23H,5-7,10-11,18-19H2,1-4H3,(H,30,33). The van der Waals surface area contributed by atoms with Crippen molar-refractivity contribution in [2.45, 2.75) is 83.8 Å². The average Bonchev–Trinajstić information content (AvgIpc) is 2.82. The van der Waals surface area contributed by atoms with Crippen molar-refractivity contribution < 1.29 is 14.3 Å². The van der Waals surface area contributed by atoms with Crippen LogP contribution in [0.3, 0.4) is 0 Å². The Morgan fingerprint density at radius 2 is 1.71 bits per heavy atom. The lowest BCUT2D eigenvalue weighted by Crippen LogP contribution is -2.51. The summed E-state index contributed by atoms with van der Waals surface area (Å²) in [5, 5.41) is 3.79. The van der Waals surface area contributed by atoms with E-state index in [1.165, 1.54) is 6.42 Å². The Morgan fingerprint density at radius 1 is 1.06 bits per heavy atom. The third kappa shape index (κ3) is 7.23. The predicted molar refractivity (Wildman–Crippen MR) is 137 cm³/mol. The molecule has 1 N–H and O–H groups in total. The van der Waals surface area contributed by atoms with Crippen molar-refractivity contribution in [3.8, 4) is 5.75 Å². The third-order valence-corrected chi connectivity index (χ3v) is 6.68. The lowest BCUT2D eigenvalue weighted by atomic mass is 9.86. The van der Waals surface area contributed by atoms with Crippen molar-refractivity contribution in [3.05, 3.63) is 64.7 Å². The first kappa shape index (κ1) is 26.1. The van der Waals surface area contributed by atoms with Crippen LogP contribution in [0, 0.1) is 0 Å². The fourth-order valence-corrected chi connectivity index (χ4v) is 4.50. The summed E-state index contributed by atoms with van der Waals surface area (Å²) in [6.45, 7) is 8.29. The van der Waals surface area contributed by atoms with Crippen LogP contribution < -0.4 is 10.1 Å². The molecule has 2 aromatic rings. The summed E-state index contributed by atoms with van der Waals surface area (Å²) in [5.74, 6) is 0.336. The maximum Gasteiger partial charge on any atom is 0.261 e. The predicted octanol–water partition coefficient (Wildman–Crippen LogP) is 5.88.